The Morgan fingerprint density at radius 3 is 2.76 bits per heavy atom. The van der Waals surface area contributed by atoms with Crippen LogP contribution in [0.1, 0.15) is 36.5 Å². The molecule has 1 aromatic rings. The molecule has 0 spiro atoms. The molecule has 1 aromatic heterocycles. The van der Waals surface area contributed by atoms with Crippen molar-refractivity contribution in [2.24, 2.45) is 5.41 Å². The number of pyridine rings is 1. The van der Waals surface area contributed by atoms with E-state index in [2.05, 4.69) is 10.3 Å². The summed E-state index contributed by atoms with van der Waals surface area (Å²) in [5.41, 5.74) is 1.01. The van der Waals surface area contributed by atoms with Crippen LogP contribution in [-0.2, 0) is 0 Å². The van der Waals surface area contributed by atoms with Gasteiger partial charge in [0.15, 0.2) is 0 Å². The third kappa shape index (κ3) is 2.17. The predicted octanol–water partition coefficient (Wildman–Crippen LogP) is 1.28. The zero-order valence-electron chi connectivity index (χ0n) is 10.4. The van der Waals surface area contributed by atoms with E-state index < -0.39 is 0 Å². The standard InChI is InChI=1S/C13H18N2O2/c1-8-5-4-6-9(14-8)12(17)15-10-7-11(16)13(10,2)3/h4-6,10-11,16H,7H2,1-3H3,(H,15,17). The van der Waals surface area contributed by atoms with E-state index >= 15 is 0 Å². The molecule has 0 aliphatic heterocycles. The molecule has 17 heavy (non-hydrogen) atoms. The number of nitrogens with zero attached hydrogens (tertiary/aromatic N) is 1. The molecule has 92 valence electrons. The van der Waals surface area contributed by atoms with Gasteiger partial charge in [-0.05, 0) is 25.5 Å². The lowest BCUT2D eigenvalue weighted by molar-refractivity contribution is -0.0690. The number of carbonyl (C=O) groups is 1. The van der Waals surface area contributed by atoms with Crippen molar-refractivity contribution in [1.82, 2.24) is 10.3 Å². The number of nitrogens with one attached hydrogen (secondary N) is 1. The Hall–Kier alpha value is -1.42. The van der Waals surface area contributed by atoms with Crippen molar-refractivity contribution in [3.8, 4) is 0 Å². The average Bonchev–Trinajstić information content (AvgIpc) is 2.28. The zero-order valence-corrected chi connectivity index (χ0v) is 10.4. The quantitative estimate of drug-likeness (QED) is 0.810. The molecule has 0 radical (unpaired) electrons. The van der Waals surface area contributed by atoms with Crippen LogP contribution < -0.4 is 5.32 Å². The van der Waals surface area contributed by atoms with Crippen molar-refractivity contribution in [2.45, 2.75) is 39.3 Å². The molecule has 1 amide bonds. The highest BCUT2D eigenvalue weighted by Crippen LogP contribution is 2.40. The number of aromatic nitrogens is 1. The highest BCUT2D eigenvalue weighted by molar-refractivity contribution is 5.92. The molecule has 4 nitrogen and oxygen atoms in total. The fourth-order valence-electron chi connectivity index (χ4n) is 2.05. The van der Waals surface area contributed by atoms with Crippen LogP contribution in [0.4, 0.5) is 0 Å². The van der Waals surface area contributed by atoms with Gasteiger partial charge >= 0.3 is 0 Å². The number of hydrogen-bond acceptors (Lipinski definition) is 3. The lowest BCUT2D eigenvalue weighted by Gasteiger charge is -2.49. The fraction of sp³-hybridized carbons (Fsp3) is 0.538. The minimum atomic E-state index is -0.335. The third-order valence-corrected chi connectivity index (χ3v) is 3.64. The molecule has 2 N–H and O–H groups in total. The molecule has 1 aliphatic rings. The van der Waals surface area contributed by atoms with Gasteiger partial charge in [-0.1, -0.05) is 19.9 Å². The molecule has 0 bridgehead atoms. The lowest BCUT2D eigenvalue weighted by Crippen LogP contribution is -2.61. The first-order valence-corrected chi connectivity index (χ1v) is 5.84. The van der Waals surface area contributed by atoms with Gasteiger partial charge in [0.1, 0.15) is 5.69 Å². The predicted molar refractivity (Wildman–Crippen MR) is 64.6 cm³/mol. The maximum atomic E-state index is 11.9. The Morgan fingerprint density at radius 1 is 1.53 bits per heavy atom. The van der Waals surface area contributed by atoms with Crippen LogP contribution in [0.3, 0.4) is 0 Å². The van der Waals surface area contributed by atoms with Gasteiger partial charge in [0, 0.05) is 17.2 Å². The molecule has 1 saturated carbocycles. The van der Waals surface area contributed by atoms with Crippen molar-refractivity contribution in [3.63, 3.8) is 0 Å². The normalized spacial score (nSPS) is 26.1. The first kappa shape index (κ1) is 12.0. The summed E-state index contributed by atoms with van der Waals surface area (Å²) < 4.78 is 0. The van der Waals surface area contributed by atoms with Crippen LogP contribution in [0.5, 0.6) is 0 Å². The first-order chi connectivity index (χ1) is 7.91. The minimum absolute atomic E-state index is 0.0207. The molecule has 2 atom stereocenters. The monoisotopic (exact) mass is 234 g/mol. The number of aliphatic hydroxyl groups is 1. The van der Waals surface area contributed by atoms with Gasteiger partial charge in [-0.25, -0.2) is 4.98 Å². The van der Waals surface area contributed by atoms with E-state index in [0.717, 1.165) is 5.69 Å². The lowest BCUT2D eigenvalue weighted by atomic mass is 9.64. The maximum Gasteiger partial charge on any atom is 0.270 e. The molecule has 0 aromatic carbocycles. The molecule has 0 saturated heterocycles. The van der Waals surface area contributed by atoms with Crippen molar-refractivity contribution >= 4 is 5.91 Å². The minimum Gasteiger partial charge on any atom is -0.392 e. The maximum absolute atomic E-state index is 11.9. The van der Waals surface area contributed by atoms with Crippen LogP contribution >= 0.6 is 0 Å². The van der Waals surface area contributed by atoms with Gasteiger partial charge in [0.05, 0.1) is 6.10 Å². The number of rotatable bonds is 2. The summed E-state index contributed by atoms with van der Waals surface area (Å²) in [7, 11) is 0. The van der Waals surface area contributed by atoms with Crippen LogP contribution in [0, 0.1) is 12.3 Å². The number of amides is 1. The van der Waals surface area contributed by atoms with Crippen LogP contribution in [0.25, 0.3) is 0 Å². The van der Waals surface area contributed by atoms with E-state index in [-0.39, 0.29) is 23.5 Å². The van der Waals surface area contributed by atoms with Crippen LogP contribution in [0.15, 0.2) is 18.2 Å². The topological polar surface area (TPSA) is 62.2 Å². The van der Waals surface area contributed by atoms with Gasteiger partial charge in [-0.15, -0.1) is 0 Å². The Morgan fingerprint density at radius 2 is 2.24 bits per heavy atom. The molecule has 4 heteroatoms. The highest BCUT2D eigenvalue weighted by Gasteiger charge is 2.48. The number of aliphatic hydroxyl groups excluding tert-OH is 1. The van der Waals surface area contributed by atoms with E-state index in [1.165, 1.54) is 0 Å². The van der Waals surface area contributed by atoms with E-state index in [4.69, 9.17) is 0 Å². The summed E-state index contributed by atoms with van der Waals surface area (Å²) >= 11 is 0. The fourth-order valence-corrected chi connectivity index (χ4v) is 2.05. The van der Waals surface area contributed by atoms with Crippen LogP contribution in [0.2, 0.25) is 0 Å². The number of aryl methyl sites for hydroxylation is 1. The van der Waals surface area contributed by atoms with E-state index in [0.29, 0.717) is 12.1 Å². The van der Waals surface area contributed by atoms with E-state index in [1.807, 2.05) is 32.9 Å². The number of carbonyl (C=O) groups excluding carboxylic acids is 1. The molecule has 2 rings (SSSR count). The SMILES string of the molecule is Cc1cccc(C(=O)NC2CC(O)C2(C)C)n1. The summed E-state index contributed by atoms with van der Waals surface area (Å²) in [6, 6.07) is 5.39. The average molecular weight is 234 g/mol. The second-order valence-electron chi connectivity index (χ2n) is 5.26. The Kier molecular flexibility index (Phi) is 2.91. The largest absolute Gasteiger partial charge is 0.392 e. The van der Waals surface area contributed by atoms with E-state index in [1.54, 1.807) is 6.07 Å². The van der Waals surface area contributed by atoms with Gasteiger partial charge < -0.3 is 10.4 Å². The first-order valence-electron chi connectivity index (χ1n) is 5.84. The van der Waals surface area contributed by atoms with Gasteiger partial charge in [0.2, 0.25) is 0 Å². The molecular weight excluding hydrogens is 216 g/mol. The molecule has 1 heterocycles. The third-order valence-electron chi connectivity index (χ3n) is 3.64. The van der Waals surface area contributed by atoms with Gasteiger partial charge in [-0.3, -0.25) is 4.79 Å². The Bertz CT molecular complexity index is 443. The smallest absolute Gasteiger partial charge is 0.270 e. The molecule has 1 aliphatic carbocycles. The summed E-state index contributed by atoms with van der Waals surface area (Å²) in [4.78, 5) is 16.1. The van der Waals surface area contributed by atoms with Crippen LogP contribution in [-0.4, -0.2) is 28.1 Å². The van der Waals surface area contributed by atoms with Crippen molar-refractivity contribution in [2.75, 3.05) is 0 Å². The van der Waals surface area contributed by atoms with Crippen molar-refractivity contribution in [1.29, 1.82) is 0 Å². The van der Waals surface area contributed by atoms with Gasteiger partial charge in [-0.2, -0.15) is 0 Å². The van der Waals surface area contributed by atoms with Gasteiger partial charge in [0.25, 0.3) is 5.91 Å². The summed E-state index contributed by atoms with van der Waals surface area (Å²) in [6.07, 6.45) is 0.281. The van der Waals surface area contributed by atoms with Crippen molar-refractivity contribution in [3.05, 3.63) is 29.6 Å². The van der Waals surface area contributed by atoms with Crippen molar-refractivity contribution < 1.29 is 9.90 Å². The Labute approximate surface area is 101 Å². The zero-order chi connectivity index (χ0) is 12.6. The summed E-state index contributed by atoms with van der Waals surface area (Å²) in [5, 5.41) is 12.5. The second-order valence-corrected chi connectivity index (χ2v) is 5.26. The summed E-state index contributed by atoms with van der Waals surface area (Å²) in [5.74, 6) is -0.168. The highest BCUT2D eigenvalue weighted by atomic mass is 16.3. The summed E-state index contributed by atoms with van der Waals surface area (Å²) in [6.45, 7) is 5.76. The number of hydrogen-bond donors (Lipinski definition) is 2. The molecular formula is C13H18N2O2. The molecule has 1 fully saturated rings. The second kappa shape index (κ2) is 4.11. The molecule has 2 unspecified atom stereocenters. The van der Waals surface area contributed by atoms with E-state index in [9.17, 15) is 9.90 Å². The Balaban J connectivity index is 2.04.